The van der Waals surface area contributed by atoms with Crippen molar-refractivity contribution in [3.8, 4) is 0 Å². The van der Waals surface area contributed by atoms with E-state index < -0.39 is 0 Å². The lowest BCUT2D eigenvalue weighted by atomic mass is 10.0. The molecular weight excluding hydrogens is 278 g/mol. The summed E-state index contributed by atoms with van der Waals surface area (Å²) in [6, 6.07) is 11.2. The van der Waals surface area contributed by atoms with Gasteiger partial charge in [0.25, 0.3) is 0 Å². The Morgan fingerprint density at radius 2 is 2.14 bits per heavy atom. The molecule has 0 amide bonds. The van der Waals surface area contributed by atoms with Crippen LogP contribution in [-0.2, 0) is 0 Å². The van der Waals surface area contributed by atoms with E-state index in [4.69, 9.17) is 5.73 Å². The molecule has 0 radical (unpaired) electrons. The number of aromatic nitrogens is 1. The van der Waals surface area contributed by atoms with E-state index in [0.717, 1.165) is 24.3 Å². The second-order valence-corrected chi connectivity index (χ2v) is 6.88. The van der Waals surface area contributed by atoms with E-state index in [-0.39, 0.29) is 0 Å². The predicted molar refractivity (Wildman–Crippen MR) is 91.8 cm³/mol. The molecule has 0 bridgehead atoms. The predicted octanol–water partition coefficient (Wildman–Crippen LogP) is 2.98. The van der Waals surface area contributed by atoms with Crippen molar-refractivity contribution in [2.24, 2.45) is 5.73 Å². The molecule has 1 saturated heterocycles. The molecule has 0 saturated carbocycles. The first kappa shape index (κ1) is 14.8. The van der Waals surface area contributed by atoms with Crippen molar-refractivity contribution in [2.75, 3.05) is 31.1 Å². The Morgan fingerprint density at radius 3 is 3.00 bits per heavy atom. The molecule has 4 heteroatoms. The van der Waals surface area contributed by atoms with Gasteiger partial charge >= 0.3 is 0 Å². The summed E-state index contributed by atoms with van der Waals surface area (Å²) in [5.74, 6) is 2.49. The first-order chi connectivity index (χ1) is 10.3. The van der Waals surface area contributed by atoms with Crippen molar-refractivity contribution >= 4 is 22.7 Å². The summed E-state index contributed by atoms with van der Waals surface area (Å²) in [5, 5.41) is 1.21. The molecule has 2 heterocycles. The molecule has 1 aliphatic rings. The average molecular weight is 301 g/mol. The first-order valence-corrected chi connectivity index (χ1v) is 8.82. The Balaban J connectivity index is 1.90. The summed E-state index contributed by atoms with van der Waals surface area (Å²) in [4.78, 5) is 7.13. The number of hydrogen-bond acceptors (Lipinski definition) is 4. The molecule has 21 heavy (non-hydrogen) atoms. The van der Waals surface area contributed by atoms with E-state index in [9.17, 15) is 0 Å². The van der Waals surface area contributed by atoms with Crippen molar-refractivity contribution in [3.05, 3.63) is 41.6 Å². The van der Waals surface area contributed by atoms with Crippen LogP contribution in [0, 0.1) is 6.92 Å². The second kappa shape index (κ2) is 6.77. The summed E-state index contributed by atoms with van der Waals surface area (Å²) in [6.45, 7) is 5.00. The van der Waals surface area contributed by atoms with Crippen LogP contribution in [0.1, 0.15) is 23.7 Å². The van der Waals surface area contributed by atoms with Gasteiger partial charge in [-0.05, 0) is 49.4 Å². The van der Waals surface area contributed by atoms with Crippen LogP contribution in [0.2, 0.25) is 0 Å². The van der Waals surface area contributed by atoms with Crippen molar-refractivity contribution in [2.45, 2.75) is 19.4 Å². The Morgan fingerprint density at radius 1 is 1.24 bits per heavy atom. The fourth-order valence-electron chi connectivity index (χ4n) is 3.03. The minimum atomic E-state index is 0.328. The fraction of sp³-hybridized carbons (Fsp3) is 0.471. The van der Waals surface area contributed by atoms with Gasteiger partial charge in [0.15, 0.2) is 0 Å². The normalized spacial score (nSPS) is 18.6. The lowest BCUT2D eigenvalue weighted by Gasteiger charge is -2.30. The number of nitrogens with zero attached hydrogens (tertiary/aromatic N) is 2. The maximum absolute atomic E-state index is 6.09. The summed E-state index contributed by atoms with van der Waals surface area (Å²) < 4.78 is 0. The highest BCUT2D eigenvalue weighted by Gasteiger charge is 2.20. The Labute approximate surface area is 130 Å². The van der Waals surface area contributed by atoms with E-state index >= 15 is 0 Å². The highest BCUT2D eigenvalue weighted by atomic mass is 32.2. The molecular formula is C17H23N3S. The molecule has 1 atom stereocenters. The number of hydrogen-bond donors (Lipinski definition) is 1. The lowest BCUT2D eigenvalue weighted by Crippen LogP contribution is -2.35. The van der Waals surface area contributed by atoms with Crippen molar-refractivity contribution in [3.63, 3.8) is 0 Å². The van der Waals surface area contributed by atoms with Gasteiger partial charge in [-0.15, -0.1) is 0 Å². The number of thioether (sulfide) groups is 1. The molecule has 1 aromatic heterocycles. The third-order valence-electron chi connectivity index (χ3n) is 4.16. The van der Waals surface area contributed by atoms with Crippen molar-refractivity contribution in [1.82, 2.24) is 9.88 Å². The Kier molecular flexibility index (Phi) is 4.78. The minimum absolute atomic E-state index is 0.328. The molecule has 2 N–H and O–H groups in total. The van der Waals surface area contributed by atoms with Crippen LogP contribution in [0.25, 0.3) is 10.9 Å². The van der Waals surface area contributed by atoms with Gasteiger partial charge in [-0.2, -0.15) is 11.8 Å². The topological polar surface area (TPSA) is 42.1 Å². The van der Waals surface area contributed by atoms with E-state index in [0.29, 0.717) is 12.6 Å². The number of pyridine rings is 1. The lowest BCUT2D eigenvalue weighted by molar-refractivity contribution is 0.218. The molecule has 0 spiro atoms. The smallest absolute Gasteiger partial charge is 0.0705 e. The molecule has 0 aliphatic carbocycles. The van der Waals surface area contributed by atoms with Gasteiger partial charge in [-0.3, -0.25) is 9.88 Å². The molecule has 112 valence electrons. The number of fused-ring (bicyclic) bond motifs is 1. The monoisotopic (exact) mass is 301 g/mol. The number of nitrogens with two attached hydrogens (primary N) is 1. The van der Waals surface area contributed by atoms with E-state index in [2.05, 4.69) is 52.0 Å². The molecule has 1 aromatic carbocycles. The summed E-state index contributed by atoms with van der Waals surface area (Å²) in [5.41, 5.74) is 9.55. The van der Waals surface area contributed by atoms with Crippen LogP contribution >= 0.6 is 11.8 Å². The van der Waals surface area contributed by atoms with Crippen LogP contribution in [0.4, 0.5) is 0 Å². The van der Waals surface area contributed by atoms with Crippen LogP contribution in [-0.4, -0.2) is 41.0 Å². The van der Waals surface area contributed by atoms with E-state index in [1.807, 2.05) is 6.92 Å². The van der Waals surface area contributed by atoms with E-state index in [1.54, 1.807) is 0 Å². The highest BCUT2D eigenvalue weighted by Crippen LogP contribution is 2.25. The highest BCUT2D eigenvalue weighted by molar-refractivity contribution is 7.99. The van der Waals surface area contributed by atoms with Gasteiger partial charge in [-0.25, -0.2) is 0 Å². The van der Waals surface area contributed by atoms with Gasteiger partial charge in [0.2, 0.25) is 0 Å². The Bertz CT molecular complexity index is 606. The zero-order valence-corrected chi connectivity index (χ0v) is 13.4. The molecule has 1 fully saturated rings. The third kappa shape index (κ3) is 3.39. The number of benzene rings is 1. The van der Waals surface area contributed by atoms with Gasteiger partial charge < -0.3 is 5.73 Å². The van der Waals surface area contributed by atoms with Crippen LogP contribution < -0.4 is 5.73 Å². The quantitative estimate of drug-likeness (QED) is 0.946. The summed E-state index contributed by atoms with van der Waals surface area (Å²) in [7, 11) is 0. The average Bonchev–Trinajstić information content (AvgIpc) is 2.77. The van der Waals surface area contributed by atoms with Gasteiger partial charge in [0, 0.05) is 36.0 Å². The van der Waals surface area contributed by atoms with Gasteiger partial charge in [-0.1, -0.05) is 12.1 Å². The molecule has 1 unspecified atom stereocenters. The largest absolute Gasteiger partial charge is 0.329 e. The fourth-order valence-corrected chi connectivity index (χ4v) is 3.93. The second-order valence-electron chi connectivity index (χ2n) is 5.66. The maximum atomic E-state index is 6.09. The summed E-state index contributed by atoms with van der Waals surface area (Å²) >= 11 is 2.05. The van der Waals surface area contributed by atoms with Gasteiger partial charge in [0.1, 0.15) is 0 Å². The third-order valence-corrected chi connectivity index (χ3v) is 5.21. The number of rotatable bonds is 3. The first-order valence-electron chi connectivity index (χ1n) is 7.67. The van der Waals surface area contributed by atoms with Crippen LogP contribution in [0.5, 0.6) is 0 Å². The molecule has 2 aromatic rings. The standard InChI is InChI=1S/C17H23N3S/c1-13-3-4-14-11-15(5-6-16(14)19-13)17(12-18)20-7-2-9-21-10-8-20/h3-6,11,17H,2,7-10,12,18H2,1H3. The zero-order valence-electron chi connectivity index (χ0n) is 12.6. The Hall–Kier alpha value is -1.10. The SMILES string of the molecule is Cc1ccc2cc(C(CN)N3CCCSCC3)ccc2n1. The van der Waals surface area contributed by atoms with E-state index in [1.165, 1.54) is 28.9 Å². The minimum Gasteiger partial charge on any atom is -0.329 e. The number of aryl methyl sites for hydroxylation is 1. The maximum Gasteiger partial charge on any atom is 0.0705 e. The molecule has 3 nitrogen and oxygen atoms in total. The molecule has 1 aliphatic heterocycles. The summed E-state index contributed by atoms with van der Waals surface area (Å²) in [6.07, 6.45) is 1.26. The van der Waals surface area contributed by atoms with Crippen molar-refractivity contribution < 1.29 is 0 Å². The zero-order chi connectivity index (χ0) is 14.7. The van der Waals surface area contributed by atoms with Crippen molar-refractivity contribution in [1.29, 1.82) is 0 Å². The van der Waals surface area contributed by atoms with Crippen LogP contribution in [0.15, 0.2) is 30.3 Å². The van der Waals surface area contributed by atoms with Gasteiger partial charge in [0.05, 0.1) is 5.52 Å². The van der Waals surface area contributed by atoms with Crippen LogP contribution in [0.3, 0.4) is 0 Å². The molecule has 3 rings (SSSR count).